The molecule has 1 unspecified atom stereocenters. The highest BCUT2D eigenvalue weighted by Crippen LogP contribution is 2.09. The van der Waals surface area contributed by atoms with Gasteiger partial charge in [-0.2, -0.15) is 0 Å². The molecule has 0 aromatic carbocycles. The smallest absolute Gasteiger partial charge is 0.185 e. The lowest BCUT2D eigenvalue weighted by atomic mass is 10.0. The van der Waals surface area contributed by atoms with E-state index in [1.807, 2.05) is 6.92 Å². The average molecular weight is 182 g/mol. The molecule has 72 valence electrons. The predicted molar refractivity (Wildman–Crippen MR) is 48.2 cm³/mol. The third kappa shape index (κ3) is 2.12. The maximum atomic E-state index is 11.7. The lowest BCUT2D eigenvalue weighted by Crippen LogP contribution is -2.18. The Labute approximate surface area is 76.9 Å². The van der Waals surface area contributed by atoms with Gasteiger partial charge in [0.15, 0.2) is 5.78 Å². The Bertz CT molecular complexity index is 294. The van der Waals surface area contributed by atoms with E-state index in [1.54, 1.807) is 7.05 Å². The minimum Gasteiger partial charge on any atom is -0.330 e. The van der Waals surface area contributed by atoms with E-state index in [2.05, 4.69) is 10.3 Å². The monoisotopic (exact) mass is 182 g/mol. The number of rotatable bonds is 4. The van der Waals surface area contributed by atoms with E-state index in [-0.39, 0.29) is 11.7 Å². The van der Waals surface area contributed by atoms with E-state index in [0.29, 0.717) is 18.7 Å². The van der Waals surface area contributed by atoms with Crippen molar-refractivity contribution in [1.29, 1.82) is 0 Å². The molecule has 0 amide bonds. The van der Waals surface area contributed by atoms with E-state index in [4.69, 9.17) is 5.73 Å². The fourth-order valence-electron chi connectivity index (χ4n) is 1.15. The van der Waals surface area contributed by atoms with Crippen LogP contribution in [-0.2, 0) is 7.05 Å². The molecule has 0 radical (unpaired) electrons. The van der Waals surface area contributed by atoms with Crippen LogP contribution >= 0.6 is 0 Å². The van der Waals surface area contributed by atoms with Crippen LogP contribution in [0, 0.1) is 5.92 Å². The summed E-state index contributed by atoms with van der Waals surface area (Å²) < 4.78 is 1.48. The van der Waals surface area contributed by atoms with Crippen LogP contribution in [0.4, 0.5) is 0 Å². The van der Waals surface area contributed by atoms with Gasteiger partial charge in [-0.3, -0.25) is 4.79 Å². The van der Waals surface area contributed by atoms with Gasteiger partial charge in [0.05, 0.1) is 6.20 Å². The van der Waals surface area contributed by atoms with E-state index < -0.39 is 0 Å². The van der Waals surface area contributed by atoms with Gasteiger partial charge in [0.2, 0.25) is 0 Å². The van der Waals surface area contributed by atoms with Crippen LogP contribution in [0.15, 0.2) is 6.20 Å². The number of ketones is 1. The van der Waals surface area contributed by atoms with Gasteiger partial charge in [0, 0.05) is 13.0 Å². The first kappa shape index (κ1) is 9.85. The first-order chi connectivity index (χ1) is 6.16. The van der Waals surface area contributed by atoms with Gasteiger partial charge in [-0.05, 0) is 13.0 Å². The van der Waals surface area contributed by atoms with E-state index in [0.717, 1.165) is 0 Å². The number of carbonyl (C=O) groups is 1. The summed E-state index contributed by atoms with van der Waals surface area (Å²) in [7, 11) is 1.70. The van der Waals surface area contributed by atoms with Crippen molar-refractivity contribution in [1.82, 2.24) is 15.0 Å². The summed E-state index contributed by atoms with van der Waals surface area (Å²) in [4.78, 5) is 11.7. The van der Waals surface area contributed by atoms with Gasteiger partial charge < -0.3 is 5.73 Å². The fraction of sp³-hybridized carbons (Fsp3) is 0.625. The number of nitrogens with two attached hydrogens (primary N) is 1. The van der Waals surface area contributed by atoms with Gasteiger partial charge in [-0.25, -0.2) is 4.68 Å². The third-order valence-corrected chi connectivity index (χ3v) is 2.01. The lowest BCUT2D eigenvalue weighted by molar-refractivity contribution is 0.0916. The number of Topliss-reactive ketones (excluding diaryl/α,β-unsaturated/α-hetero) is 1. The fourth-order valence-corrected chi connectivity index (χ4v) is 1.15. The number of aryl methyl sites for hydroxylation is 1. The number of carbonyl (C=O) groups excluding carboxylic acids is 1. The normalized spacial score (nSPS) is 12.8. The number of hydrogen-bond donors (Lipinski definition) is 1. The molecular formula is C8H14N4O. The molecule has 0 aliphatic rings. The van der Waals surface area contributed by atoms with Gasteiger partial charge >= 0.3 is 0 Å². The van der Waals surface area contributed by atoms with Gasteiger partial charge in [0.1, 0.15) is 5.69 Å². The summed E-state index contributed by atoms with van der Waals surface area (Å²) in [5.41, 5.74) is 5.91. The van der Waals surface area contributed by atoms with E-state index in [9.17, 15) is 4.79 Å². The zero-order valence-electron chi connectivity index (χ0n) is 7.90. The minimum atomic E-state index is -0.0535. The Morgan fingerprint density at radius 1 is 1.77 bits per heavy atom. The average Bonchev–Trinajstić information content (AvgIpc) is 2.50. The predicted octanol–water partition coefficient (Wildman–Crippen LogP) is -0.0173. The van der Waals surface area contributed by atoms with Gasteiger partial charge in [-0.1, -0.05) is 12.1 Å². The van der Waals surface area contributed by atoms with E-state index >= 15 is 0 Å². The molecule has 1 rings (SSSR count). The zero-order chi connectivity index (χ0) is 9.84. The highest BCUT2D eigenvalue weighted by molar-refractivity contribution is 5.95. The quantitative estimate of drug-likeness (QED) is 0.664. The second-order valence-electron chi connectivity index (χ2n) is 3.09. The molecule has 1 heterocycles. The molecule has 0 saturated heterocycles. The zero-order valence-corrected chi connectivity index (χ0v) is 7.90. The molecule has 1 aromatic rings. The van der Waals surface area contributed by atoms with E-state index in [1.165, 1.54) is 10.9 Å². The molecule has 0 spiro atoms. The first-order valence-corrected chi connectivity index (χ1v) is 4.25. The first-order valence-electron chi connectivity index (χ1n) is 4.25. The molecule has 2 N–H and O–H groups in total. The lowest BCUT2D eigenvalue weighted by Gasteiger charge is -2.07. The Morgan fingerprint density at radius 2 is 2.46 bits per heavy atom. The molecule has 0 saturated carbocycles. The van der Waals surface area contributed by atoms with Crippen molar-refractivity contribution < 1.29 is 4.79 Å². The Morgan fingerprint density at radius 3 is 2.92 bits per heavy atom. The van der Waals surface area contributed by atoms with Crippen LogP contribution < -0.4 is 5.73 Å². The maximum Gasteiger partial charge on any atom is 0.185 e. The van der Waals surface area contributed by atoms with Crippen molar-refractivity contribution in [2.75, 3.05) is 6.54 Å². The molecule has 0 fully saturated rings. The standard InChI is InChI=1S/C8H14N4O/c1-6(3-4-9)8(13)7-5-10-11-12(7)2/h5-6H,3-4,9H2,1-2H3. The number of nitrogens with zero attached hydrogens (tertiary/aromatic N) is 3. The molecule has 0 aliphatic heterocycles. The van der Waals surface area contributed by atoms with Crippen molar-refractivity contribution in [2.24, 2.45) is 18.7 Å². The third-order valence-electron chi connectivity index (χ3n) is 2.01. The van der Waals surface area contributed by atoms with Crippen molar-refractivity contribution in [2.45, 2.75) is 13.3 Å². The van der Waals surface area contributed by atoms with Crippen molar-refractivity contribution >= 4 is 5.78 Å². The molecule has 13 heavy (non-hydrogen) atoms. The summed E-state index contributed by atoms with van der Waals surface area (Å²) in [6, 6.07) is 0. The van der Waals surface area contributed by atoms with Crippen LogP contribution in [0.2, 0.25) is 0 Å². The number of aromatic nitrogens is 3. The number of hydrogen-bond acceptors (Lipinski definition) is 4. The molecule has 5 nitrogen and oxygen atoms in total. The molecule has 5 heteroatoms. The summed E-state index contributed by atoms with van der Waals surface area (Å²) >= 11 is 0. The van der Waals surface area contributed by atoms with Gasteiger partial charge in [0.25, 0.3) is 0 Å². The second kappa shape index (κ2) is 4.13. The highest BCUT2D eigenvalue weighted by Gasteiger charge is 2.17. The van der Waals surface area contributed by atoms with Crippen molar-refractivity contribution in [3.05, 3.63) is 11.9 Å². The Kier molecular flexibility index (Phi) is 3.13. The Balaban J connectivity index is 2.73. The molecule has 0 bridgehead atoms. The second-order valence-corrected chi connectivity index (χ2v) is 3.09. The van der Waals surface area contributed by atoms with Crippen LogP contribution in [0.3, 0.4) is 0 Å². The van der Waals surface area contributed by atoms with Crippen LogP contribution in [0.1, 0.15) is 23.8 Å². The summed E-state index contributed by atoms with van der Waals surface area (Å²) in [5.74, 6) is 0.000139. The summed E-state index contributed by atoms with van der Waals surface area (Å²) in [6.45, 7) is 2.39. The highest BCUT2D eigenvalue weighted by atomic mass is 16.1. The maximum absolute atomic E-state index is 11.7. The molecular weight excluding hydrogens is 168 g/mol. The van der Waals surface area contributed by atoms with Crippen LogP contribution in [0.5, 0.6) is 0 Å². The van der Waals surface area contributed by atoms with Crippen molar-refractivity contribution in [3.8, 4) is 0 Å². The largest absolute Gasteiger partial charge is 0.330 e. The SMILES string of the molecule is CC(CCN)C(=O)c1cnnn1C. The minimum absolute atomic E-state index is 0.0535. The molecule has 0 aliphatic carbocycles. The summed E-state index contributed by atoms with van der Waals surface area (Å²) in [5, 5.41) is 7.34. The Hall–Kier alpha value is -1.23. The van der Waals surface area contributed by atoms with Crippen LogP contribution in [-0.4, -0.2) is 27.3 Å². The summed E-state index contributed by atoms with van der Waals surface area (Å²) in [6.07, 6.45) is 2.18. The molecule has 1 atom stereocenters. The van der Waals surface area contributed by atoms with Crippen LogP contribution in [0.25, 0.3) is 0 Å². The van der Waals surface area contributed by atoms with Crippen molar-refractivity contribution in [3.63, 3.8) is 0 Å². The molecule has 1 aromatic heterocycles. The topological polar surface area (TPSA) is 73.8 Å². The van der Waals surface area contributed by atoms with Gasteiger partial charge in [-0.15, -0.1) is 5.10 Å².